The van der Waals surface area contributed by atoms with E-state index in [9.17, 15) is 4.79 Å². The maximum absolute atomic E-state index is 11.0. The number of carbonyl (C=O) groups is 1. The standard InChI is InChI=1S/C16H15NO/c1-13(18)17-12-16(14-8-4-2-5-9-14)15-10-6-3-7-11-15/h2-12,16H,1H3. The monoisotopic (exact) mass is 237 g/mol. The van der Waals surface area contributed by atoms with Gasteiger partial charge in [0.05, 0.1) is 0 Å². The lowest BCUT2D eigenvalue weighted by Gasteiger charge is -2.12. The van der Waals surface area contributed by atoms with E-state index >= 15 is 0 Å². The molecule has 0 unspecified atom stereocenters. The summed E-state index contributed by atoms with van der Waals surface area (Å²) in [6.07, 6.45) is 1.72. The van der Waals surface area contributed by atoms with Crippen LogP contribution in [0.4, 0.5) is 0 Å². The lowest BCUT2D eigenvalue weighted by atomic mass is 9.92. The van der Waals surface area contributed by atoms with Gasteiger partial charge in [0.15, 0.2) is 0 Å². The Hall–Kier alpha value is -2.22. The third-order valence-corrected chi connectivity index (χ3v) is 2.72. The minimum Gasteiger partial charge on any atom is -0.273 e. The number of benzene rings is 2. The predicted molar refractivity (Wildman–Crippen MR) is 73.9 cm³/mol. The second-order valence-corrected chi connectivity index (χ2v) is 4.10. The predicted octanol–water partition coefficient (Wildman–Crippen LogP) is 3.44. The first-order valence-corrected chi connectivity index (χ1v) is 5.92. The first kappa shape index (κ1) is 12.2. The molecule has 2 aromatic carbocycles. The van der Waals surface area contributed by atoms with Gasteiger partial charge >= 0.3 is 0 Å². The Morgan fingerprint density at radius 1 is 0.944 bits per heavy atom. The summed E-state index contributed by atoms with van der Waals surface area (Å²) >= 11 is 0. The zero-order chi connectivity index (χ0) is 12.8. The smallest absolute Gasteiger partial charge is 0.242 e. The van der Waals surface area contributed by atoms with Crippen LogP contribution in [0.5, 0.6) is 0 Å². The van der Waals surface area contributed by atoms with Gasteiger partial charge in [-0.2, -0.15) is 0 Å². The van der Waals surface area contributed by atoms with Gasteiger partial charge in [-0.3, -0.25) is 4.79 Å². The average Bonchev–Trinajstić information content (AvgIpc) is 2.41. The van der Waals surface area contributed by atoms with E-state index in [4.69, 9.17) is 0 Å². The maximum atomic E-state index is 11.0. The van der Waals surface area contributed by atoms with E-state index in [0.29, 0.717) is 0 Å². The highest BCUT2D eigenvalue weighted by Gasteiger charge is 2.10. The van der Waals surface area contributed by atoms with Crippen molar-refractivity contribution in [1.29, 1.82) is 0 Å². The average molecular weight is 237 g/mol. The molecule has 2 heteroatoms. The highest BCUT2D eigenvalue weighted by Crippen LogP contribution is 2.22. The Balaban J connectivity index is 2.38. The number of amides is 1. The molecule has 2 aromatic rings. The Bertz CT molecular complexity index is 492. The van der Waals surface area contributed by atoms with E-state index in [0.717, 1.165) is 11.1 Å². The molecule has 90 valence electrons. The van der Waals surface area contributed by atoms with E-state index in [1.165, 1.54) is 6.92 Å². The summed E-state index contributed by atoms with van der Waals surface area (Å²) in [5.74, 6) is -0.150. The van der Waals surface area contributed by atoms with Crippen molar-refractivity contribution in [1.82, 2.24) is 0 Å². The van der Waals surface area contributed by atoms with Crippen LogP contribution in [0.2, 0.25) is 0 Å². The van der Waals surface area contributed by atoms with Crippen molar-refractivity contribution in [3.8, 4) is 0 Å². The van der Waals surface area contributed by atoms with Gasteiger partial charge in [0.25, 0.3) is 0 Å². The minimum atomic E-state index is -0.174. The Kier molecular flexibility index (Phi) is 4.02. The second-order valence-electron chi connectivity index (χ2n) is 4.10. The van der Waals surface area contributed by atoms with Crippen LogP contribution in [0, 0.1) is 0 Å². The van der Waals surface area contributed by atoms with Crippen molar-refractivity contribution < 1.29 is 4.79 Å². The largest absolute Gasteiger partial charge is 0.273 e. The molecule has 0 aliphatic heterocycles. The molecule has 0 aliphatic carbocycles. The van der Waals surface area contributed by atoms with Gasteiger partial charge in [-0.25, -0.2) is 4.99 Å². The van der Waals surface area contributed by atoms with Crippen molar-refractivity contribution in [3.63, 3.8) is 0 Å². The number of rotatable bonds is 3. The van der Waals surface area contributed by atoms with Crippen LogP contribution in [0.1, 0.15) is 24.0 Å². The zero-order valence-corrected chi connectivity index (χ0v) is 10.3. The van der Waals surface area contributed by atoms with Crippen LogP contribution in [0.25, 0.3) is 0 Å². The van der Waals surface area contributed by atoms with E-state index < -0.39 is 0 Å². The summed E-state index contributed by atoms with van der Waals surface area (Å²) in [5, 5.41) is 0. The number of hydrogen-bond acceptors (Lipinski definition) is 1. The Morgan fingerprint density at radius 2 is 1.39 bits per heavy atom. The number of hydrogen-bond donors (Lipinski definition) is 0. The summed E-state index contributed by atoms with van der Waals surface area (Å²) in [6.45, 7) is 1.46. The summed E-state index contributed by atoms with van der Waals surface area (Å²) in [5.41, 5.74) is 2.27. The minimum absolute atomic E-state index is 0.0244. The summed E-state index contributed by atoms with van der Waals surface area (Å²) in [4.78, 5) is 14.9. The fraction of sp³-hybridized carbons (Fsp3) is 0.125. The van der Waals surface area contributed by atoms with Crippen LogP contribution in [-0.4, -0.2) is 12.1 Å². The van der Waals surface area contributed by atoms with Crippen molar-refractivity contribution >= 4 is 12.1 Å². The van der Waals surface area contributed by atoms with E-state index in [1.807, 2.05) is 60.7 Å². The SMILES string of the molecule is CC(=O)N=CC(c1ccccc1)c1ccccc1. The molecule has 0 heterocycles. The normalized spacial score (nSPS) is 11.0. The molecular weight excluding hydrogens is 222 g/mol. The molecule has 0 aliphatic rings. The quantitative estimate of drug-likeness (QED) is 0.752. The van der Waals surface area contributed by atoms with Gasteiger partial charge in [-0.15, -0.1) is 0 Å². The van der Waals surface area contributed by atoms with E-state index in [1.54, 1.807) is 6.21 Å². The molecule has 0 saturated heterocycles. The maximum Gasteiger partial charge on any atom is 0.242 e. The molecule has 1 amide bonds. The van der Waals surface area contributed by atoms with Crippen molar-refractivity contribution in [2.45, 2.75) is 12.8 Å². The van der Waals surface area contributed by atoms with Crippen LogP contribution < -0.4 is 0 Å². The van der Waals surface area contributed by atoms with Gasteiger partial charge in [-0.05, 0) is 11.1 Å². The lowest BCUT2D eigenvalue weighted by molar-refractivity contribution is -0.115. The number of aliphatic imine (C=N–C) groups is 1. The molecule has 0 radical (unpaired) electrons. The van der Waals surface area contributed by atoms with Crippen LogP contribution in [-0.2, 0) is 4.79 Å². The molecule has 2 nitrogen and oxygen atoms in total. The Morgan fingerprint density at radius 3 is 1.78 bits per heavy atom. The van der Waals surface area contributed by atoms with Gasteiger partial charge in [0.2, 0.25) is 5.91 Å². The summed E-state index contributed by atoms with van der Waals surface area (Å²) in [6, 6.07) is 20.1. The second kappa shape index (κ2) is 5.92. The van der Waals surface area contributed by atoms with Gasteiger partial charge in [0, 0.05) is 19.1 Å². The molecule has 0 saturated carbocycles. The number of carbonyl (C=O) groups excluding carboxylic acids is 1. The highest BCUT2D eigenvalue weighted by molar-refractivity contribution is 5.87. The molecule has 0 atom stereocenters. The van der Waals surface area contributed by atoms with Gasteiger partial charge < -0.3 is 0 Å². The molecule has 18 heavy (non-hydrogen) atoms. The lowest BCUT2D eigenvalue weighted by Crippen LogP contribution is -2.03. The molecule has 0 bridgehead atoms. The van der Waals surface area contributed by atoms with E-state index in [2.05, 4.69) is 4.99 Å². The fourth-order valence-corrected chi connectivity index (χ4v) is 1.86. The van der Waals surface area contributed by atoms with Crippen LogP contribution >= 0.6 is 0 Å². The molecular formula is C16H15NO. The topological polar surface area (TPSA) is 29.4 Å². The summed E-state index contributed by atoms with van der Waals surface area (Å²) < 4.78 is 0. The summed E-state index contributed by atoms with van der Waals surface area (Å²) in [7, 11) is 0. The molecule has 0 aromatic heterocycles. The third-order valence-electron chi connectivity index (χ3n) is 2.72. The fourth-order valence-electron chi connectivity index (χ4n) is 1.86. The Labute approximate surface area is 107 Å². The molecule has 2 rings (SSSR count). The first-order chi connectivity index (χ1) is 8.77. The van der Waals surface area contributed by atoms with Crippen LogP contribution in [0.15, 0.2) is 65.7 Å². The third kappa shape index (κ3) is 3.14. The molecule has 0 N–H and O–H groups in total. The van der Waals surface area contributed by atoms with E-state index in [-0.39, 0.29) is 11.8 Å². The number of nitrogens with zero attached hydrogens (tertiary/aromatic N) is 1. The van der Waals surface area contributed by atoms with Crippen molar-refractivity contribution in [3.05, 3.63) is 71.8 Å². The van der Waals surface area contributed by atoms with Crippen LogP contribution in [0.3, 0.4) is 0 Å². The van der Waals surface area contributed by atoms with Gasteiger partial charge in [-0.1, -0.05) is 60.7 Å². The molecule has 0 spiro atoms. The molecule has 0 fully saturated rings. The zero-order valence-electron chi connectivity index (χ0n) is 10.3. The van der Waals surface area contributed by atoms with Crippen molar-refractivity contribution in [2.75, 3.05) is 0 Å². The van der Waals surface area contributed by atoms with Gasteiger partial charge in [0.1, 0.15) is 0 Å². The highest BCUT2D eigenvalue weighted by atomic mass is 16.1. The first-order valence-electron chi connectivity index (χ1n) is 5.92. The van der Waals surface area contributed by atoms with Crippen molar-refractivity contribution in [2.24, 2.45) is 4.99 Å².